The molecule has 24 heavy (non-hydrogen) atoms. The number of aromatic nitrogens is 2. The van der Waals surface area contributed by atoms with Crippen molar-refractivity contribution in [1.29, 1.82) is 0 Å². The molecule has 3 aromatic rings. The lowest BCUT2D eigenvalue weighted by molar-refractivity contribution is 0.0745. The Morgan fingerprint density at radius 1 is 1.25 bits per heavy atom. The zero-order chi connectivity index (χ0) is 16.9. The fourth-order valence-electron chi connectivity index (χ4n) is 2.60. The van der Waals surface area contributed by atoms with Crippen LogP contribution in [0.2, 0.25) is 5.02 Å². The standard InChI is InChI=1S/C18H20ClN3O2/c1-21(11-14-10-20-22-9-3-2-4-18(14)22)12-16(23)13-24-17-7-5-15(19)6-8-17/h2-10,16,23H,11-13H2,1H3/t16-/m0/s1. The van der Waals surface area contributed by atoms with E-state index in [0.717, 1.165) is 11.1 Å². The number of rotatable bonds is 7. The van der Waals surface area contributed by atoms with E-state index < -0.39 is 6.10 Å². The number of ether oxygens (including phenoxy) is 1. The summed E-state index contributed by atoms with van der Waals surface area (Å²) in [6.45, 7) is 1.46. The van der Waals surface area contributed by atoms with E-state index in [-0.39, 0.29) is 6.61 Å². The largest absolute Gasteiger partial charge is 0.491 e. The number of benzene rings is 1. The van der Waals surface area contributed by atoms with Crippen molar-refractivity contribution in [3.63, 3.8) is 0 Å². The molecule has 2 heterocycles. The number of aliphatic hydroxyl groups is 1. The maximum absolute atomic E-state index is 10.2. The summed E-state index contributed by atoms with van der Waals surface area (Å²) in [6, 6.07) is 13.1. The van der Waals surface area contributed by atoms with Gasteiger partial charge in [0.2, 0.25) is 0 Å². The molecule has 0 aliphatic carbocycles. The molecule has 0 spiro atoms. The summed E-state index contributed by atoms with van der Waals surface area (Å²) < 4.78 is 7.43. The first-order valence-corrected chi connectivity index (χ1v) is 8.16. The first-order valence-electron chi connectivity index (χ1n) is 7.78. The molecular weight excluding hydrogens is 326 g/mol. The molecule has 0 aliphatic heterocycles. The number of hydrogen-bond donors (Lipinski definition) is 1. The Kier molecular flexibility index (Phi) is 5.35. The highest BCUT2D eigenvalue weighted by molar-refractivity contribution is 6.30. The van der Waals surface area contributed by atoms with Gasteiger partial charge in [-0.2, -0.15) is 5.10 Å². The number of aliphatic hydroxyl groups excluding tert-OH is 1. The SMILES string of the molecule is CN(Cc1cnn2ccccc12)C[C@H](O)COc1ccc(Cl)cc1. The number of halogens is 1. The molecular formula is C18H20ClN3O2. The second kappa shape index (κ2) is 7.66. The lowest BCUT2D eigenvalue weighted by atomic mass is 10.2. The second-order valence-electron chi connectivity index (χ2n) is 5.82. The van der Waals surface area contributed by atoms with Gasteiger partial charge in [0, 0.05) is 29.9 Å². The molecule has 0 amide bonds. The maximum Gasteiger partial charge on any atom is 0.119 e. The minimum absolute atomic E-state index is 0.237. The summed E-state index contributed by atoms with van der Waals surface area (Å²) >= 11 is 5.83. The van der Waals surface area contributed by atoms with Crippen LogP contribution in [-0.4, -0.2) is 45.9 Å². The van der Waals surface area contributed by atoms with Crippen molar-refractivity contribution in [3.8, 4) is 5.75 Å². The number of pyridine rings is 1. The zero-order valence-corrected chi connectivity index (χ0v) is 14.2. The van der Waals surface area contributed by atoms with E-state index in [1.54, 1.807) is 24.3 Å². The van der Waals surface area contributed by atoms with E-state index in [2.05, 4.69) is 10.00 Å². The van der Waals surface area contributed by atoms with Gasteiger partial charge in [-0.3, -0.25) is 4.90 Å². The minimum atomic E-state index is -0.576. The molecule has 0 saturated carbocycles. The van der Waals surface area contributed by atoms with E-state index in [1.165, 1.54) is 0 Å². The van der Waals surface area contributed by atoms with Gasteiger partial charge in [0.25, 0.3) is 0 Å². The monoisotopic (exact) mass is 345 g/mol. The first kappa shape index (κ1) is 16.8. The lowest BCUT2D eigenvalue weighted by Gasteiger charge is -2.20. The van der Waals surface area contributed by atoms with Crippen LogP contribution in [0.3, 0.4) is 0 Å². The summed E-state index contributed by atoms with van der Waals surface area (Å²) in [6.07, 6.45) is 3.21. The van der Waals surface area contributed by atoms with Crippen molar-refractivity contribution in [2.75, 3.05) is 20.2 Å². The Labute approximate surface area is 146 Å². The van der Waals surface area contributed by atoms with Crippen molar-refractivity contribution < 1.29 is 9.84 Å². The van der Waals surface area contributed by atoms with Crippen molar-refractivity contribution in [2.24, 2.45) is 0 Å². The summed E-state index contributed by atoms with van der Waals surface area (Å²) in [5.74, 6) is 0.698. The Morgan fingerprint density at radius 2 is 2.04 bits per heavy atom. The number of fused-ring (bicyclic) bond motifs is 1. The Morgan fingerprint density at radius 3 is 2.83 bits per heavy atom. The highest BCUT2D eigenvalue weighted by atomic mass is 35.5. The quantitative estimate of drug-likeness (QED) is 0.715. The van der Waals surface area contributed by atoms with Crippen molar-refractivity contribution in [1.82, 2.24) is 14.5 Å². The van der Waals surface area contributed by atoms with Crippen LogP contribution < -0.4 is 4.74 Å². The van der Waals surface area contributed by atoms with Gasteiger partial charge in [-0.05, 0) is 43.4 Å². The van der Waals surface area contributed by atoms with Crippen molar-refractivity contribution >= 4 is 17.1 Å². The molecule has 126 valence electrons. The number of likely N-dealkylation sites (N-methyl/N-ethyl adjacent to an activating group) is 1. The molecule has 0 unspecified atom stereocenters. The van der Waals surface area contributed by atoms with E-state index in [4.69, 9.17) is 16.3 Å². The fraction of sp³-hybridized carbons (Fsp3) is 0.278. The Bertz CT molecular complexity index is 788. The molecule has 2 aromatic heterocycles. The van der Waals surface area contributed by atoms with Crippen LogP contribution in [0.25, 0.3) is 5.52 Å². The molecule has 0 bridgehead atoms. The van der Waals surface area contributed by atoms with Crippen molar-refractivity contribution in [2.45, 2.75) is 12.6 Å². The van der Waals surface area contributed by atoms with Crippen LogP contribution in [0.15, 0.2) is 54.9 Å². The smallest absolute Gasteiger partial charge is 0.119 e. The predicted molar refractivity (Wildman–Crippen MR) is 94.5 cm³/mol. The van der Waals surface area contributed by atoms with Crippen LogP contribution >= 0.6 is 11.6 Å². The van der Waals surface area contributed by atoms with Gasteiger partial charge in [0.1, 0.15) is 18.5 Å². The number of hydrogen-bond acceptors (Lipinski definition) is 4. The molecule has 0 radical (unpaired) electrons. The summed E-state index contributed by atoms with van der Waals surface area (Å²) in [5.41, 5.74) is 2.21. The Hall–Kier alpha value is -2.08. The summed E-state index contributed by atoms with van der Waals surface area (Å²) in [7, 11) is 1.97. The normalized spacial score (nSPS) is 12.7. The first-order chi connectivity index (χ1) is 11.6. The number of nitrogens with zero attached hydrogens (tertiary/aromatic N) is 3. The highest BCUT2D eigenvalue weighted by Crippen LogP contribution is 2.16. The average Bonchev–Trinajstić information content (AvgIpc) is 2.97. The van der Waals surface area contributed by atoms with Crippen LogP contribution in [0.1, 0.15) is 5.56 Å². The molecule has 1 atom stereocenters. The van der Waals surface area contributed by atoms with E-state index in [9.17, 15) is 5.11 Å². The molecule has 6 heteroatoms. The predicted octanol–water partition coefficient (Wildman–Crippen LogP) is 2.86. The zero-order valence-electron chi connectivity index (χ0n) is 13.5. The fourth-order valence-corrected chi connectivity index (χ4v) is 2.73. The Balaban J connectivity index is 1.50. The van der Waals surface area contributed by atoms with Gasteiger partial charge < -0.3 is 9.84 Å². The van der Waals surface area contributed by atoms with Crippen molar-refractivity contribution in [3.05, 3.63) is 65.4 Å². The molecule has 5 nitrogen and oxygen atoms in total. The van der Waals surface area contributed by atoms with Crippen LogP contribution in [0, 0.1) is 0 Å². The van der Waals surface area contributed by atoms with Gasteiger partial charge >= 0.3 is 0 Å². The molecule has 0 aliphatic rings. The third-order valence-corrected chi connectivity index (χ3v) is 3.98. The maximum atomic E-state index is 10.2. The lowest BCUT2D eigenvalue weighted by Crippen LogP contribution is -2.32. The third kappa shape index (κ3) is 4.26. The summed E-state index contributed by atoms with van der Waals surface area (Å²) in [5, 5.41) is 15.2. The van der Waals surface area contributed by atoms with Crippen LogP contribution in [0.5, 0.6) is 5.75 Å². The van der Waals surface area contributed by atoms with Gasteiger partial charge in [-0.25, -0.2) is 4.52 Å². The topological polar surface area (TPSA) is 50.0 Å². The highest BCUT2D eigenvalue weighted by Gasteiger charge is 2.12. The van der Waals surface area contributed by atoms with E-state index >= 15 is 0 Å². The molecule has 0 saturated heterocycles. The van der Waals surface area contributed by atoms with E-state index in [0.29, 0.717) is 23.9 Å². The van der Waals surface area contributed by atoms with Gasteiger partial charge in [0.15, 0.2) is 0 Å². The minimum Gasteiger partial charge on any atom is -0.491 e. The molecule has 1 N–H and O–H groups in total. The summed E-state index contributed by atoms with van der Waals surface area (Å²) in [4.78, 5) is 2.06. The molecule has 1 aromatic carbocycles. The van der Waals surface area contributed by atoms with Gasteiger partial charge in [-0.15, -0.1) is 0 Å². The van der Waals surface area contributed by atoms with Gasteiger partial charge in [-0.1, -0.05) is 17.7 Å². The molecule has 0 fully saturated rings. The van der Waals surface area contributed by atoms with Gasteiger partial charge in [0.05, 0.1) is 11.7 Å². The average molecular weight is 346 g/mol. The third-order valence-electron chi connectivity index (χ3n) is 3.72. The second-order valence-corrected chi connectivity index (χ2v) is 6.25. The molecule has 3 rings (SSSR count). The van der Waals surface area contributed by atoms with E-state index in [1.807, 2.05) is 42.2 Å². The van der Waals surface area contributed by atoms with Crippen LogP contribution in [-0.2, 0) is 6.54 Å². The van der Waals surface area contributed by atoms with Crippen LogP contribution in [0.4, 0.5) is 0 Å².